The highest BCUT2D eigenvalue weighted by Gasteiger charge is 2.64. The lowest BCUT2D eigenvalue weighted by molar-refractivity contribution is -0.0258. The van der Waals surface area contributed by atoms with Gasteiger partial charge in [0.05, 0.1) is 17.0 Å². The molecule has 0 saturated heterocycles. The van der Waals surface area contributed by atoms with Gasteiger partial charge >= 0.3 is 26.4 Å². The third kappa shape index (κ3) is 10.2. The molecule has 40 heavy (non-hydrogen) atoms. The summed E-state index contributed by atoms with van der Waals surface area (Å²) < 4.78 is 59.0. The van der Waals surface area contributed by atoms with Crippen LogP contribution in [0.15, 0.2) is 0 Å². The fourth-order valence-electron chi connectivity index (χ4n) is 5.63. The van der Waals surface area contributed by atoms with E-state index < -0.39 is 26.4 Å². The largest absolute Gasteiger partial charge is 0.519 e. The van der Waals surface area contributed by atoms with Gasteiger partial charge in [-0.05, 0) is 81.6 Å². The van der Waals surface area contributed by atoms with E-state index in [1.165, 1.54) is 0 Å². The summed E-state index contributed by atoms with van der Waals surface area (Å²) in [6.07, 6.45) is 2.13. The minimum atomic E-state index is -3.30. The predicted octanol–water partition coefficient (Wildman–Crippen LogP) is 5.39. The fourth-order valence-corrected chi connectivity index (χ4v) is 15.9. The number of hydrogen-bond acceptors (Lipinski definition) is 10. The molecule has 0 aromatic carbocycles. The zero-order valence-electron chi connectivity index (χ0n) is 27.8. The SMILES string of the molecule is CCO[Si](OCC)(OCC)[C@H](CC)N([C@H](CC)[Si](OCC)(OCC)OCC)[C@H](CC)[Si](OCC)(OCC)OCC. The quantitative estimate of drug-likeness (QED) is 0.110. The third-order valence-electron chi connectivity index (χ3n) is 6.57. The van der Waals surface area contributed by atoms with Gasteiger partial charge < -0.3 is 39.8 Å². The van der Waals surface area contributed by atoms with Gasteiger partial charge in [0.25, 0.3) is 0 Å². The van der Waals surface area contributed by atoms with Gasteiger partial charge in [0.2, 0.25) is 0 Å². The average molecular weight is 630 g/mol. The van der Waals surface area contributed by atoms with Crippen LogP contribution in [0.25, 0.3) is 0 Å². The van der Waals surface area contributed by atoms with Crippen LogP contribution in [0.2, 0.25) is 0 Å². The van der Waals surface area contributed by atoms with Gasteiger partial charge in [0.15, 0.2) is 0 Å². The van der Waals surface area contributed by atoms with Gasteiger partial charge in [-0.15, -0.1) is 0 Å². The van der Waals surface area contributed by atoms with Crippen molar-refractivity contribution in [2.24, 2.45) is 0 Å². The molecule has 10 nitrogen and oxygen atoms in total. The first-order chi connectivity index (χ1) is 19.3. The maximum atomic E-state index is 6.56. The molecule has 0 aliphatic heterocycles. The summed E-state index contributed by atoms with van der Waals surface area (Å²) in [4.78, 5) is 2.44. The van der Waals surface area contributed by atoms with Crippen LogP contribution < -0.4 is 0 Å². The molecule has 0 aliphatic carbocycles. The van der Waals surface area contributed by atoms with Gasteiger partial charge in [-0.3, -0.25) is 4.90 Å². The maximum absolute atomic E-state index is 6.56. The van der Waals surface area contributed by atoms with E-state index in [9.17, 15) is 0 Å². The molecule has 242 valence electrons. The molecule has 0 N–H and O–H groups in total. The summed E-state index contributed by atoms with van der Waals surface area (Å²) in [5, 5.41) is 0. The number of rotatable bonds is 27. The van der Waals surface area contributed by atoms with Crippen LogP contribution in [0.5, 0.6) is 0 Å². The Morgan fingerprint density at radius 1 is 0.325 bits per heavy atom. The van der Waals surface area contributed by atoms with Crippen LogP contribution in [-0.2, 0) is 39.8 Å². The molecule has 0 bridgehead atoms. The zero-order chi connectivity index (χ0) is 30.7. The first-order valence-corrected chi connectivity index (χ1v) is 21.2. The topological polar surface area (TPSA) is 86.3 Å². The minimum Gasteiger partial charge on any atom is -0.373 e. The first-order valence-electron chi connectivity index (χ1n) is 15.8. The Kier molecular flexibility index (Phi) is 22.0. The number of hydrogen-bond donors (Lipinski definition) is 0. The second kappa shape index (κ2) is 21.9. The Hall–Kier alpha value is 0.251. The van der Waals surface area contributed by atoms with Crippen molar-refractivity contribution in [2.75, 3.05) is 59.5 Å². The first kappa shape index (κ1) is 40.3. The van der Waals surface area contributed by atoms with E-state index in [0.29, 0.717) is 78.7 Å². The molecule has 0 heterocycles. The summed E-state index contributed by atoms with van der Waals surface area (Å²) >= 11 is 0. The van der Waals surface area contributed by atoms with Crippen LogP contribution in [-0.4, -0.2) is 108 Å². The van der Waals surface area contributed by atoms with Crippen molar-refractivity contribution in [1.29, 1.82) is 0 Å². The average Bonchev–Trinajstić information content (AvgIpc) is 2.91. The molecule has 0 aliphatic rings. The van der Waals surface area contributed by atoms with E-state index in [0.717, 1.165) is 0 Å². The van der Waals surface area contributed by atoms with E-state index in [2.05, 4.69) is 25.7 Å². The summed E-state index contributed by atoms with van der Waals surface area (Å²) in [6, 6.07) is 0. The molecule has 0 fully saturated rings. The molecule has 0 rings (SSSR count). The van der Waals surface area contributed by atoms with Crippen LogP contribution in [0, 0.1) is 0 Å². The van der Waals surface area contributed by atoms with E-state index in [1.54, 1.807) is 0 Å². The lowest BCUT2D eigenvalue weighted by atomic mass is 10.3. The Balaban J connectivity index is 7.82. The molecule has 13 heteroatoms. The van der Waals surface area contributed by atoms with E-state index in [1.807, 2.05) is 62.3 Å². The van der Waals surface area contributed by atoms with E-state index >= 15 is 0 Å². The van der Waals surface area contributed by atoms with Crippen LogP contribution in [0.4, 0.5) is 0 Å². The van der Waals surface area contributed by atoms with E-state index in [4.69, 9.17) is 39.8 Å². The van der Waals surface area contributed by atoms with Gasteiger partial charge in [-0.25, -0.2) is 0 Å². The lowest BCUT2D eigenvalue weighted by Crippen LogP contribution is -2.77. The summed E-state index contributed by atoms with van der Waals surface area (Å²) in [6.45, 7) is 28.6. The highest BCUT2D eigenvalue weighted by Crippen LogP contribution is 2.37. The molecule has 0 radical (unpaired) electrons. The molecule has 0 spiro atoms. The maximum Gasteiger partial charge on any atom is 0.519 e. The highest BCUT2D eigenvalue weighted by molar-refractivity contribution is 6.66. The van der Waals surface area contributed by atoms with Crippen molar-refractivity contribution < 1.29 is 39.8 Å². The second-order valence-electron chi connectivity index (χ2n) is 8.93. The van der Waals surface area contributed by atoms with Crippen molar-refractivity contribution in [3.8, 4) is 0 Å². The molecule has 0 amide bonds. The van der Waals surface area contributed by atoms with Crippen LogP contribution >= 0.6 is 0 Å². The van der Waals surface area contributed by atoms with Crippen molar-refractivity contribution in [1.82, 2.24) is 4.90 Å². The van der Waals surface area contributed by atoms with Gasteiger partial charge in [-0.2, -0.15) is 0 Å². The Labute approximate surface area is 249 Å². The smallest absolute Gasteiger partial charge is 0.373 e. The van der Waals surface area contributed by atoms with Crippen molar-refractivity contribution >= 4 is 26.4 Å². The zero-order valence-corrected chi connectivity index (χ0v) is 30.8. The summed E-state index contributed by atoms with van der Waals surface area (Å²) in [7, 11) is -9.91. The summed E-state index contributed by atoms with van der Waals surface area (Å²) in [5.74, 6) is 0. The van der Waals surface area contributed by atoms with Crippen LogP contribution in [0.1, 0.15) is 102 Å². The molecular weight excluding hydrogens is 567 g/mol. The number of nitrogens with zero attached hydrogens (tertiary/aromatic N) is 1. The Bertz CT molecular complexity index is 492. The normalized spacial score (nSPS) is 15.5. The Morgan fingerprint density at radius 3 is 0.575 bits per heavy atom. The Morgan fingerprint density at radius 2 is 0.475 bits per heavy atom. The third-order valence-corrected chi connectivity index (χ3v) is 17.4. The van der Waals surface area contributed by atoms with Crippen molar-refractivity contribution in [3.63, 3.8) is 0 Å². The van der Waals surface area contributed by atoms with E-state index in [-0.39, 0.29) is 17.0 Å². The molecule has 0 aromatic heterocycles. The fraction of sp³-hybridized carbons (Fsp3) is 1.00. The minimum absolute atomic E-state index is 0.247. The monoisotopic (exact) mass is 629 g/mol. The predicted molar refractivity (Wildman–Crippen MR) is 166 cm³/mol. The molecular formula is C27H63NO9Si3. The molecule has 0 saturated carbocycles. The van der Waals surface area contributed by atoms with Crippen molar-refractivity contribution in [3.05, 3.63) is 0 Å². The van der Waals surface area contributed by atoms with Crippen LogP contribution in [0.3, 0.4) is 0 Å². The molecule has 3 atom stereocenters. The second-order valence-corrected chi connectivity index (χ2v) is 17.1. The molecule has 0 unspecified atom stereocenters. The lowest BCUT2D eigenvalue weighted by Gasteiger charge is -2.52. The van der Waals surface area contributed by atoms with Gasteiger partial charge in [0.1, 0.15) is 0 Å². The van der Waals surface area contributed by atoms with Gasteiger partial charge in [-0.1, -0.05) is 20.8 Å². The molecule has 0 aromatic rings. The van der Waals surface area contributed by atoms with Gasteiger partial charge in [0, 0.05) is 59.5 Å². The highest BCUT2D eigenvalue weighted by atomic mass is 28.4. The van der Waals surface area contributed by atoms with Crippen molar-refractivity contribution in [2.45, 2.75) is 119 Å². The summed E-state index contributed by atoms with van der Waals surface area (Å²) in [5.41, 5.74) is -0.740. The standard InChI is InChI=1S/C27H63NO9Si3/c1-13-25(38(29-16-4,30-17-5)31-18-6)28(26(14-2)39(32-19-7,33-20-8)34-21-9)27(15-3)40(35-22-10,36-23-11)37-24-12/h25-27H,13-24H2,1-12H3/t25-,26-,27+/m0/s1.